The van der Waals surface area contributed by atoms with Gasteiger partial charge in [0.2, 0.25) is 5.95 Å². The van der Waals surface area contributed by atoms with Gasteiger partial charge < -0.3 is 5.32 Å². The first-order valence-electron chi connectivity index (χ1n) is 5.08. The number of hydrogen-bond donors (Lipinski definition) is 1. The molecule has 0 aliphatic heterocycles. The van der Waals surface area contributed by atoms with Gasteiger partial charge in [-0.3, -0.25) is 4.40 Å². The van der Waals surface area contributed by atoms with E-state index in [1.54, 1.807) is 0 Å². The number of hydrogen-bond acceptors (Lipinski definition) is 6. The van der Waals surface area contributed by atoms with Gasteiger partial charge in [-0.2, -0.15) is 0 Å². The molecule has 3 heterocycles. The summed E-state index contributed by atoms with van der Waals surface area (Å²) in [5.74, 6) is 1.33. The first kappa shape index (κ1) is 9.64. The maximum Gasteiger partial charge on any atom is 0.226 e. The van der Waals surface area contributed by atoms with Crippen LogP contribution in [0.3, 0.4) is 0 Å². The predicted molar refractivity (Wildman–Crippen MR) is 60.1 cm³/mol. The summed E-state index contributed by atoms with van der Waals surface area (Å²) in [6.45, 7) is 0.509. The van der Waals surface area contributed by atoms with Crippen molar-refractivity contribution in [3.05, 3.63) is 42.9 Å². The monoisotopic (exact) mass is 227 g/mol. The molecule has 0 saturated heterocycles. The highest BCUT2D eigenvalue weighted by Gasteiger charge is 2.04. The average molecular weight is 227 g/mol. The van der Waals surface area contributed by atoms with Crippen molar-refractivity contribution >= 4 is 11.6 Å². The van der Waals surface area contributed by atoms with Crippen LogP contribution < -0.4 is 5.32 Å². The summed E-state index contributed by atoms with van der Waals surface area (Å²) in [5, 5.41) is 11.2. The molecule has 0 spiro atoms. The molecule has 17 heavy (non-hydrogen) atoms. The van der Waals surface area contributed by atoms with Crippen LogP contribution in [-0.2, 0) is 6.54 Å². The van der Waals surface area contributed by atoms with Crippen molar-refractivity contribution in [2.75, 3.05) is 5.32 Å². The number of nitrogens with one attached hydrogen (secondary N) is 1. The molecule has 84 valence electrons. The van der Waals surface area contributed by atoms with Gasteiger partial charge in [0.25, 0.3) is 0 Å². The van der Waals surface area contributed by atoms with Gasteiger partial charge in [-0.15, -0.1) is 10.2 Å². The van der Waals surface area contributed by atoms with E-state index >= 15 is 0 Å². The highest BCUT2D eigenvalue weighted by molar-refractivity contribution is 5.37. The molecular formula is C10H9N7. The summed E-state index contributed by atoms with van der Waals surface area (Å²) < 4.78 is 1.91. The SMILES string of the molecule is c1ccn2c(CNc3ncncn3)nnc2c1. The van der Waals surface area contributed by atoms with E-state index in [9.17, 15) is 0 Å². The number of aromatic nitrogens is 6. The summed E-state index contributed by atoms with van der Waals surface area (Å²) in [4.78, 5) is 11.7. The standard InChI is InChI=1S/C10H9N7/c1-2-4-17-8(3-1)15-16-9(17)5-12-10-13-6-11-7-14-10/h1-4,6-7H,5H2,(H,11,12,13,14). The Labute approximate surface area is 96.6 Å². The molecule has 0 amide bonds. The van der Waals surface area contributed by atoms with Gasteiger partial charge in [-0.25, -0.2) is 15.0 Å². The number of fused-ring (bicyclic) bond motifs is 1. The summed E-state index contributed by atoms with van der Waals surface area (Å²) in [7, 11) is 0. The van der Waals surface area contributed by atoms with Crippen molar-refractivity contribution in [1.29, 1.82) is 0 Å². The van der Waals surface area contributed by atoms with Crippen LogP contribution in [0, 0.1) is 0 Å². The molecule has 0 bridgehead atoms. The van der Waals surface area contributed by atoms with Crippen molar-refractivity contribution in [2.45, 2.75) is 6.54 Å². The molecule has 0 atom stereocenters. The van der Waals surface area contributed by atoms with E-state index in [1.165, 1.54) is 12.7 Å². The lowest BCUT2D eigenvalue weighted by atomic mass is 10.4. The van der Waals surface area contributed by atoms with Gasteiger partial charge in [0.1, 0.15) is 12.7 Å². The number of nitrogens with zero attached hydrogens (tertiary/aromatic N) is 6. The maximum atomic E-state index is 4.09. The second kappa shape index (κ2) is 4.12. The quantitative estimate of drug-likeness (QED) is 0.702. The molecule has 3 aromatic rings. The van der Waals surface area contributed by atoms with Gasteiger partial charge >= 0.3 is 0 Å². The van der Waals surface area contributed by atoms with Crippen LogP contribution >= 0.6 is 0 Å². The topological polar surface area (TPSA) is 80.9 Å². The zero-order chi connectivity index (χ0) is 11.5. The Morgan fingerprint density at radius 1 is 1.12 bits per heavy atom. The van der Waals surface area contributed by atoms with E-state index < -0.39 is 0 Å². The second-order valence-electron chi connectivity index (χ2n) is 3.36. The largest absolute Gasteiger partial charge is 0.347 e. The Morgan fingerprint density at radius 2 is 2.00 bits per heavy atom. The fraction of sp³-hybridized carbons (Fsp3) is 0.100. The minimum absolute atomic E-state index is 0.509. The van der Waals surface area contributed by atoms with E-state index in [4.69, 9.17) is 0 Å². The van der Waals surface area contributed by atoms with Crippen LogP contribution in [0.25, 0.3) is 5.65 Å². The molecular weight excluding hydrogens is 218 g/mol. The molecule has 0 aliphatic rings. The highest BCUT2D eigenvalue weighted by Crippen LogP contribution is 2.04. The first-order chi connectivity index (χ1) is 8.43. The van der Waals surface area contributed by atoms with Gasteiger partial charge in [0.05, 0.1) is 6.54 Å². The third kappa shape index (κ3) is 1.89. The van der Waals surface area contributed by atoms with Crippen LogP contribution in [0.5, 0.6) is 0 Å². The van der Waals surface area contributed by atoms with Gasteiger partial charge in [0, 0.05) is 6.20 Å². The summed E-state index contributed by atoms with van der Waals surface area (Å²) >= 11 is 0. The van der Waals surface area contributed by atoms with Crippen LogP contribution in [0.15, 0.2) is 37.1 Å². The van der Waals surface area contributed by atoms with Crippen molar-refractivity contribution in [3.8, 4) is 0 Å². The van der Waals surface area contributed by atoms with Crippen molar-refractivity contribution in [2.24, 2.45) is 0 Å². The molecule has 3 rings (SSSR count). The van der Waals surface area contributed by atoms with Crippen LogP contribution in [0.1, 0.15) is 5.82 Å². The number of pyridine rings is 1. The highest BCUT2D eigenvalue weighted by atomic mass is 15.3. The average Bonchev–Trinajstić information content (AvgIpc) is 2.81. The summed E-state index contributed by atoms with van der Waals surface area (Å²) in [6.07, 6.45) is 4.80. The van der Waals surface area contributed by atoms with Crippen molar-refractivity contribution in [1.82, 2.24) is 29.5 Å². The van der Waals surface area contributed by atoms with E-state index in [0.717, 1.165) is 11.5 Å². The fourth-order valence-electron chi connectivity index (χ4n) is 1.50. The maximum absolute atomic E-state index is 4.09. The molecule has 0 aromatic carbocycles. The molecule has 0 radical (unpaired) electrons. The van der Waals surface area contributed by atoms with Crippen LogP contribution in [-0.4, -0.2) is 29.5 Å². The Morgan fingerprint density at radius 3 is 2.88 bits per heavy atom. The van der Waals surface area contributed by atoms with Crippen LogP contribution in [0.4, 0.5) is 5.95 Å². The van der Waals surface area contributed by atoms with E-state index in [0.29, 0.717) is 12.5 Å². The molecule has 1 N–H and O–H groups in total. The molecule has 3 aromatic heterocycles. The van der Waals surface area contributed by atoms with E-state index in [-0.39, 0.29) is 0 Å². The third-order valence-corrected chi connectivity index (χ3v) is 2.28. The van der Waals surface area contributed by atoms with Gasteiger partial charge in [-0.05, 0) is 12.1 Å². The van der Waals surface area contributed by atoms with Crippen LogP contribution in [0.2, 0.25) is 0 Å². The first-order valence-corrected chi connectivity index (χ1v) is 5.08. The lowest BCUT2D eigenvalue weighted by Gasteiger charge is -2.01. The minimum atomic E-state index is 0.509. The Balaban J connectivity index is 1.82. The number of anilines is 1. The molecule has 7 heteroatoms. The normalized spacial score (nSPS) is 10.6. The molecule has 0 fully saturated rings. The summed E-state index contributed by atoms with van der Waals surface area (Å²) in [5.41, 5.74) is 0.819. The van der Waals surface area contributed by atoms with Crippen molar-refractivity contribution < 1.29 is 0 Å². The zero-order valence-electron chi connectivity index (χ0n) is 8.85. The third-order valence-electron chi connectivity index (χ3n) is 2.28. The number of rotatable bonds is 3. The minimum Gasteiger partial charge on any atom is -0.347 e. The molecule has 7 nitrogen and oxygen atoms in total. The molecule has 0 saturated carbocycles. The Kier molecular flexibility index (Phi) is 2.34. The molecule has 0 unspecified atom stereocenters. The lowest BCUT2D eigenvalue weighted by Crippen LogP contribution is -2.06. The van der Waals surface area contributed by atoms with Gasteiger partial charge in [-0.1, -0.05) is 6.07 Å². The zero-order valence-corrected chi connectivity index (χ0v) is 8.85. The lowest BCUT2D eigenvalue weighted by molar-refractivity contribution is 0.896. The molecule has 0 aliphatic carbocycles. The van der Waals surface area contributed by atoms with E-state index in [2.05, 4.69) is 30.5 Å². The van der Waals surface area contributed by atoms with Gasteiger partial charge in [0.15, 0.2) is 11.5 Å². The summed E-state index contributed by atoms with van der Waals surface area (Å²) in [6, 6.07) is 5.76. The van der Waals surface area contributed by atoms with E-state index in [1.807, 2.05) is 28.8 Å². The predicted octanol–water partition coefficient (Wildman–Crippen LogP) is 0.526. The Bertz CT molecular complexity index is 619. The van der Waals surface area contributed by atoms with Crippen molar-refractivity contribution in [3.63, 3.8) is 0 Å². The second-order valence-corrected chi connectivity index (χ2v) is 3.36. The smallest absolute Gasteiger partial charge is 0.226 e. The fourth-order valence-corrected chi connectivity index (χ4v) is 1.50. The Hall–Kier alpha value is -2.57.